The number of amides is 3. The molecule has 45 heavy (non-hydrogen) atoms. The molecule has 2 unspecified atom stereocenters. The molecule has 3 amide bonds. The Morgan fingerprint density at radius 1 is 1.11 bits per heavy atom. The normalized spacial score (nSPS) is 18.1. The number of nitrogens with zero attached hydrogens (tertiary/aromatic N) is 3. The summed E-state index contributed by atoms with van der Waals surface area (Å²) in [5.41, 5.74) is -1.57. The molecule has 0 aliphatic carbocycles. The second kappa shape index (κ2) is 12.4. The molecular weight excluding hydrogens is 632 g/mol. The summed E-state index contributed by atoms with van der Waals surface area (Å²) < 4.78 is 1.03. The maximum absolute atomic E-state index is 13.5. The lowest BCUT2D eigenvalue weighted by Gasteiger charge is -2.49. The molecule has 18 heteroatoms. The summed E-state index contributed by atoms with van der Waals surface area (Å²) in [7, 11) is 1.35. The molecule has 0 saturated carbocycles. The first-order valence-electron chi connectivity index (χ1n) is 13.0. The van der Waals surface area contributed by atoms with Crippen LogP contribution >= 0.6 is 23.5 Å². The van der Waals surface area contributed by atoms with Crippen LogP contribution in [0.3, 0.4) is 0 Å². The molecule has 0 spiro atoms. The molecule has 7 N–H and O–H groups in total. The third-order valence-corrected chi connectivity index (χ3v) is 9.42. The van der Waals surface area contributed by atoms with Crippen LogP contribution in [0.15, 0.2) is 68.5 Å². The van der Waals surface area contributed by atoms with E-state index in [-0.39, 0.29) is 27.9 Å². The van der Waals surface area contributed by atoms with Crippen LogP contribution in [0.4, 0.5) is 0 Å². The van der Waals surface area contributed by atoms with E-state index in [1.54, 1.807) is 30.3 Å². The number of hydrogen-bond acceptors (Lipinski definition) is 12. The SMILES string of the molecule is Cn1c(SCC2=C(C(=O)O)N3C(=O)C(NC(=O)C(NC(=O)c4cc(O)c(O)c(O)c4)c4ccccc4)[C@H]3SC2)n[nH]c(=O)c1=O. The lowest BCUT2D eigenvalue weighted by atomic mass is 10.0. The molecule has 0 bridgehead atoms. The number of benzene rings is 2. The molecule has 3 aromatic rings. The fourth-order valence-electron chi connectivity index (χ4n) is 4.67. The number of β-lactam (4-membered cyclic amide) rings is 1. The van der Waals surface area contributed by atoms with E-state index < -0.39 is 69.5 Å². The van der Waals surface area contributed by atoms with E-state index >= 15 is 0 Å². The maximum atomic E-state index is 13.5. The van der Waals surface area contributed by atoms with E-state index in [4.69, 9.17) is 0 Å². The van der Waals surface area contributed by atoms with Crippen LogP contribution in [0.2, 0.25) is 0 Å². The number of carbonyl (C=O) groups is 4. The number of thioether (sulfide) groups is 2. The lowest BCUT2D eigenvalue weighted by molar-refractivity contribution is -0.151. The molecule has 3 heterocycles. The van der Waals surface area contributed by atoms with Crippen molar-refractivity contribution < 1.29 is 39.6 Å². The zero-order chi connectivity index (χ0) is 32.6. The van der Waals surface area contributed by atoms with Crippen molar-refractivity contribution >= 4 is 47.2 Å². The Labute approximate surface area is 260 Å². The minimum Gasteiger partial charge on any atom is -0.504 e. The van der Waals surface area contributed by atoms with Crippen LogP contribution in [0.5, 0.6) is 17.2 Å². The number of aromatic hydroxyl groups is 3. The van der Waals surface area contributed by atoms with Gasteiger partial charge < -0.3 is 31.1 Å². The second-order valence-corrected chi connectivity index (χ2v) is 11.9. The van der Waals surface area contributed by atoms with Gasteiger partial charge in [-0.1, -0.05) is 42.1 Å². The molecule has 5 rings (SSSR count). The Kier molecular flexibility index (Phi) is 8.60. The van der Waals surface area contributed by atoms with Crippen molar-refractivity contribution in [2.45, 2.75) is 22.6 Å². The minimum absolute atomic E-state index is 0.0406. The van der Waals surface area contributed by atoms with Gasteiger partial charge in [-0.15, -0.1) is 16.9 Å². The molecule has 0 radical (unpaired) electrons. The zero-order valence-electron chi connectivity index (χ0n) is 23.1. The van der Waals surface area contributed by atoms with E-state index in [1.165, 1.54) is 18.8 Å². The summed E-state index contributed by atoms with van der Waals surface area (Å²) in [6.45, 7) is 0. The van der Waals surface area contributed by atoms with E-state index in [1.807, 2.05) is 0 Å². The number of aromatic amines is 1. The Bertz CT molecular complexity index is 1850. The third kappa shape index (κ3) is 5.96. The van der Waals surface area contributed by atoms with Crippen molar-refractivity contribution in [3.8, 4) is 17.2 Å². The Balaban J connectivity index is 1.34. The predicted octanol–water partition coefficient (Wildman–Crippen LogP) is -0.413. The summed E-state index contributed by atoms with van der Waals surface area (Å²) in [6, 6.07) is 7.38. The minimum atomic E-state index is -1.37. The smallest absolute Gasteiger partial charge is 0.352 e. The fraction of sp³-hybridized carbons (Fsp3) is 0.222. The highest BCUT2D eigenvalue weighted by atomic mass is 32.2. The quantitative estimate of drug-likeness (QED) is 0.0671. The lowest BCUT2D eigenvalue weighted by Crippen LogP contribution is -2.71. The Morgan fingerprint density at radius 3 is 2.42 bits per heavy atom. The van der Waals surface area contributed by atoms with Gasteiger partial charge in [0.05, 0.1) is 0 Å². The molecule has 234 valence electrons. The number of carbonyl (C=O) groups excluding carboxylic acids is 3. The van der Waals surface area contributed by atoms with Gasteiger partial charge in [0.1, 0.15) is 23.2 Å². The van der Waals surface area contributed by atoms with Gasteiger partial charge >= 0.3 is 17.1 Å². The van der Waals surface area contributed by atoms with E-state index in [0.29, 0.717) is 11.1 Å². The van der Waals surface area contributed by atoms with Crippen molar-refractivity contribution in [1.82, 2.24) is 30.3 Å². The fourth-order valence-corrected chi connectivity index (χ4v) is 7.07. The van der Waals surface area contributed by atoms with Crippen molar-refractivity contribution in [2.24, 2.45) is 7.05 Å². The summed E-state index contributed by atoms with van der Waals surface area (Å²) in [6.07, 6.45) is 0. The van der Waals surface area contributed by atoms with Gasteiger partial charge in [-0.05, 0) is 23.3 Å². The second-order valence-electron chi connectivity index (χ2n) is 9.82. The van der Waals surface area contributed by atoms with Gasteiger partial charge in [0.25, 0.3) is 11.8 Å². The average Bonchev–Trinajstić information content (AvgIpc) is 3.02. The first-order chi connectivity index (χ1) is 21.4. The molecule has 2 aliphatic heterocycles. The highest BCUT2D eigenvalue weighted by Gasteiger charge is 2.54. The number of aromatic nitrogens is 3. The topological polar surface area (TPSA) is 244 Å². The molecule has 16 nitrogen and oxygen atoms in total. The number of rotatable bonds is 9. The van der Waals surface area contributed by atoms with Crippen LogP contribution < -0.4 is 21.8 Å². The van der Waals surface area contributed by atoms with E-state index in [2.05, 4.69) is 20.8 Å². The predicted molar refractivity (Wildman–Crippen MR) is 159 cm³/mol. The highest BCUT2D eigenvalue weighted by Crippen LogP contribution is 2.41. The van der Waals surface area contributed by atoms with Crippen LogP contribution in [-0.4, -0.2) is 86.7 Å². The number of phenolic OH excluding ortho intramolecular Hbond substituents is 3. The summed E-state index contributed by atoms with van der Waals surface area (Å²) in [5, 5.41) is 49.5. The summed E-state index contributed by atoms with van der Waals surface area (Å²) >= 11 is 2.21. The number of hydrogen-bond donors (Lipinski definition) is 7. The molecule has 1 saturated heterocycles. The first-order valence-corrected chi connectivity index (χ1v) is 15.0. The van der Waals surface area contributed by atoms with Crippen molar-refractivity contribution in [3.63, 3.8) is 0 Å². The number of phenols is 3. The Morgan fingerprint density at radius 2 is 1.78 bits per heavy atom. The van der Waals surface area contributed by atoms with Gasteiger partial charge in [-0.3, -0.25) is 33.4 Å². The standard InChI is InChI=1S/C27H24N6O10S2/c1-32-24(41)22(39)30-31-27(32)45-10-13-9-44-25-17(23(40)33(25)18(13)26(42)43)29-21(38)16(11-5-3-2-4-6-11)28-20(37)12-7-14(34)19(36)15(35)8-12/h2-8,16-17,25,34-36H,9-10H2,1H3,(H,28,37)(H,29,38)(H,30,39)(H,42,43)/t16?,17?,25-/m1/s1. The Hall–Kier alpha value is -5.23. The number of aliphatic carboxylic acids is 1. The average molecular weight is 657 g/mol. The number of fused-ring (bicyclic) bond motifs is 1. The molecule has 1 aromatic heterocycles. The zero-order valence-corrected chi connectivity index (χ0v) is 24.7. The molecule has 3 atom stereocenters. The van der Waals surface area contributed by atoms with Gasteiger partial charge in [-0.25, -0.2) is 9.89 Å². The summed E-state index contributed by atoms with van der Waals surface area (Å²) in [4.78, 5) is 76.4. The number of H-pyrrole nitrogens is 1. The van der Waals surface area contributed by atoms with Gasteiger partial charge in [0.2, 0.25) is 5.91 Å². The van der Waals surface area contributed by atoms with Gasteiger partial charge in [-0.2, -0.15) is 0 Å². The number of carboxylic acids is 1. The van der Waals surface area contributed by atoms with Gasteiger partial charge in [0, 0.05) is 24.1 Å². The van der Waals surface area contributed by atoms with Crippen LogP contribution in [0.1, 0.15) is 22.0 Å². The maximum Gasteiger partial charge on any atom is 0.352 e. The number of carboxylic acid groups (broad SMARTS) is 1. The van der Waals surface area contributed by atoms with Crippen LogP contribution in [-0.2, 0) is 21.4 Å². The van der Waals surface area contributed by atoms with Crippen LogP contribution in [0, 0.1) is 0 Å². The van der Waals surface area contributed by atoms with Crippen molar-refractivity contribution in [1.29, 1.82) is 0 Å². The number of nitrogens with one attached hydrogen (secondary N) is 3. The van der Waals surface area contributed by atoms with Gasteiger partial charge in [0.15, 0.2) is 22.4 Å². The molecule has 1 fully saturated rings. The summed E-state index contributed by atoms with van der Waals surface area (Å²) in [5.74, 6) is -5.86. The van der Waals surface area contributed by atoms with Crippen LogP contribution in [0.25, 0.3) is 0 Å². The van der Waals surface area contributed by atoms with E-state index in [0.717, 1.165) is 33.4 Å². The third-order valence-electron chi connectivity index (χ3n) is 6.96. The van der Waals surface area contributed by atoms with E-state index in [9.17, 15) is 49.2 Å². The van der Waals surface area contributed by atoms with Crippen molar-refractivity contribution in [3.05, 3.63) is 85.6 Å². The molecular formula is C27H24N6O10S2. The molecule has 2 aliphatic rings. The largest absolute Gasteiger partial charge is 0.504 e. The highest BCUT2D eigenvalue weighted by molar-refractivity contribution is 8.01. The monoisotopic (exact) mass is 656 g/mol. The first kappa shape index (κ1) is 31.2. The molecule has 2 aromatic carbocycles. The van der Waals surface area contributed by atoms with Crippen molar-refractivity contribution in [2.75, 3.05) is 11.5 Å².